The number of unbranched alkanes of at least 4 members (excludes halogenated alkanes) is 1. The minimum atomic E-state index is -3.02. The Hall–Kier alpha value is -0.390. The molecule has 0 aromatic heterocycles. The number of hydrogen-bond acceptors (Lipinski definition) is 3. The highest BCUT2D eigenvalue weighted by atomic mass is 32.2. The smallest absolute Gasteiger partial charge is 0.208 e. The monoisotopic (exact) mass is 220 g/mol. The fourth-order valence-corrected chi connectivity index (χ4v) is 1.48. The zero-order valence-corrected chi connectivity index (χ0v) is 9.57. The molecule has 0 rings (SSSR count). The van der Waals surface area contributed by atoms with Gasteiger partial charge >= 0.3 is 0 Å². The third-order valence-corrected chi connectivity index (χ3v) is 2.38. The van der Waals surface area contributed by atoms with Crippen LogP contribution in [0.5, 0.6) is 0 Å². The Morgan fingerprint density at radius 2 is 1.86 bits per heavy atom. The maximum atomic E-state index is 10.7. The molecule has 0 aliphatic rings. The average molecular weight is 220 g/mol. The van der Waals surface area contributed by atoms with Gasteiger partial charge in [-0.1, -0.05) is 6.08 Å². The topological polar surface area (TPSA) is 58.2 Å². The number of rotatable bonds is 9. The Kier molecular flexibility index (Phi) is 7.74. The summed E-state index contributed by atoms with van der Waals surface area (Å²) >= 11 is 0. The summed E-state index contributed by atoms with van der Waals surface area (Å²) in [7, 11) is -3.02. The van der Waals surface area contributed by atoms with Crippen LogP contribution >= 0.6 is 0 Å². The van der Waals surface area contributed by atoms with Gasteiger partial charge in [-0.25, -0.2) is 13.1 Å². The summed E-state index contributed by atoms with van der Waals surface area (Å²) < 4.78 is 23.8. The largest absolute Gasteiger partial charge is 0.317 e. The molecule has 0 saturated heterocycles. The standard InChI is InChI=1S/C9H20N2O2S/c1-3-4-5-7-10-8-6-9-11-14(2,12)13/h3,10-11H,1,4-9H2,2H3. The van der Waals surface area contributed by atoms with E-state index in [1.807, 2.05) is 6.08 Å². The lowest BCUT2D eigenvalue weighted by molar-refractivity contribution is 0.577. The van der Waals surface area contributed by atoms with E-state index in [2.05, 4.69) is 16.6 Å². The average Bonchev–Trinajstić information content (AvgIpc) is 2.08. The maximum Gasteiger partial charge on any atom is 0.208 e. The second kappa shape index (κ2) is 7.96. The summed E-state index contributed by atoms with van der Waals surface area (Å²) in [5.74, 6) is 0. The van der Waals surface area contributed by atoms with Crippen molar-refractivity contribution in [1.29, 1.82) is 0 Å². The number of nitrogens with one attached hydrogen (secondary N) is 2. The van der Waals surface area contributed by atoms with Crippen LogP contribution in [0.4, 0.5) is 0 Å². The van der Waals surface area contributed by atoms with Crippen molar-refractivity contribution in [3.63, 3.8) is 0 Å². The van der Waals surface area contributed by atoms with Crippen molar-refractivity contribution in [2.45, 2.75) is 19.3 Å². The van der Waals surface area contributed by atoms with Crippen molar-refractivity contribution < 1.29 is 8.42 Å². The minimum absolute atomic E-state index is 0.507. The molecule has 2 N–H and O–H groups in total. The maximum absolute atomic E-state index is 10.7. The predicted molar refractivity (Wildman–Crippen MR) is 59.8 cm³/mol. The second-order valence-electron chi connectivity index (χ2n) is 3.20. The number of sulfonamides is 1. The zero-order valence-electron chi connectivity index (χ0n) is 8.75. The quantitative estimate of drug-likeness (QED) is 0.439. The summed E-state index contributed by atoms with van der Waals surface area (Å²) in [5, 5.41) is 3.22. The molecule has 4 nitrogen and oxygen atoms in total. The van der Waals surface area contributed by atoms with Gasteiger partial charge in [-0.3, -0.25) is 0 Å². The third kappa shape index (κ3) is 11.6. The van der Waals surface area contributed by atoms with Crippen LogP contribution in [0.3, 0.4) is 0 Å². The fourth-order valence-electron chi connectivity index (χ4n) is 0.967. The van der Waals surface area contributed by atoms with E-state index in [4.69, 9.17) is 0 Å². The van der Waals surface area contributed by atoms with E-state index in [1.165, 1.54) is 6.26 Å². The molecule has 0 spiro atoms. The molecule has 0 saturated carbocycles. The second-order valence-corrected chi connectivity index (χ2v) is 5.03. The molecule has 0 unspecified atom stereocenters. The van der Waals surface area contributed by atoms with E-state index in [0.717, 1.165) is 32.4 Å². The van der Waals surface area contributed by atoms with E-state index in [1.54, 1.807) is 0 Å². The van der Waals surface area contributed by atoms with E-state index < -0.39 is 10.0 Å². The van der Waals surface area contributed by atoms with Gasteiger partial charge in [-0.05, 0) is 32.4 Å². The minimum Gasteiger partial charge on any atom is -0.317 e. The van der Waals surface area contributed by atoms with E-state index in [9.17, 15) is 8.42 Å². The summed E-state index contributed by atoms with van der Waals surface area (Å²) in [6, 6.07) is 0. The molecule has 0 fully saturated rings. The van der Waals surface area contributed by atoms with Gasteiger partial charge in [-0.2, -0.15) is 0 Å². The Balaban J connectivity index is 3.10. The lowest BCUT2D eigenvalue weighted by atomic mass is 10.3. The molecule has 84 valence electrons. The molecule has 0 heterocycles. The molecule has 5 heteroatoms. The summed E-state index contributed by atoms with van der Waals surface area (Å²) in [5.41, 5.74) is 0. The van der Waals surface area contributed by atoms with Gasteiger partial charge in [0, 0.05) is 6.54 Å². The van der Waals surface area contributed by atoms with Crippen LogP contribution < -0.4 is 10.0 Å². The lowest BCUT2D eigenvalue weighted by Crippen LogP contribution is -2.26. The Morgan fingerprint density at radius 3 is 2.43 bits per heavy atom. The normalized spacial score (nSPS) is 11.5. The number of allylic oxidation sites excluding steroid dienone is 1. The molecule has 0 aliphatic heterocycles. The van der Waals surface area contributed by atoms with Crippen molar-refractivity contribution >= 4 is 10.0 Å². The summed E-state index contributed by atoms with van der Waals surface area (Å²) in [6.07, 6.45) is 6.00. The molecule has 0 radical (unpaired) electrons. The molecule has 0 bridgehead atoms. The van der Waals surface area contributed by atoms with Gasteiger partial charge in [0.2, 0.25) is 10.0 Å². The highest BCUT2D eigenvalue weighted by Gasteiger charge is 1.97. The third-order valence-electron chi connectivity index (χ3n) is 1.66. The van der Waals surface area contributed by atoms with Crippen LogP contribution in [0, 0.1) is 0 Å². The Bertz CT molecular complexity index is 237. The highest BCUT2D eigenvalue weighted by molar-refractivity contribution is 7.88. The molecule has 0 amide bonds. The zero-order chi connectivity index (χ0) is 10.9. The van der Waals surface area contributed by atoms with E-state index in [-0.39, 0.29) is 0 Å². The van der Waals surface area contributed by atoms with Gasteiger partial charge in [0.25, 0.3) is 0 Å². The van der Waals surface area contributed by atoms with Crippen molar-refractivity contribution in [2.75, 3.05) is 25.9 Å². The first-order chi connectivity index (χ1) is 6.56. The SMILES string of the molecule is C=CCCCNCCCNS(C)(=O)=O. The predicted octanol–water partition coefficient (Wildman–Crippen LogP) is 0.482. The van der Waals surface area contributed by atoms with E-state index >= 15 is 0 Å². The van der Waals surface area contributed by atoms with Gasteiger partial charge in [-0.15, -0.1) is 6.58 Å². The number of hydrogen-bond donors (Lipinski definition) is 2. The van der Waals surface area contributed by atoms with Crippen LogP contribution in [0.15, 0.2) is 12.7 Å². The van der Waals surface area contributed by atoms with Crippen LogP contribution in [-0.4, -0.2) is 34.3 Å². The molecule has 0 atom stereocenters. The van der Waals surface area contributed by atoms with Gasteiger partial charge < -0.3 is 5.32 Å². The van der Waals surface area contributed by atoms with Gasteiger partial charge in [0.15, 0.2) is 0 Å². The summed E-state index contributed by atoms with van der Waals surface area (Å²) in [4.78, 5) is 0. The highest BCUT2D eigenvalue weighted by Crippen LogP contribution is 1.86. The van der Waals surface area contributed by atoms with Crippen LogP contribution in [0.25, 0.3) is 0 Å². The first-order valence-electron chi connectivity index (χ1n) is 4.82. The van der Waals surface area contributed by atoms with Crippen molar-refractivity contribution in [2.24, 2.45) is 0 Å². The molecular weight excluding hydrogens is 200 g/mol. The molecule has 0 aromatic carbocycles. The van der Waals surface area contributed by atoms with Crippen molar-refractivity contribution in [1.82, 2.24) is 10.0 Å². The fraction of sp³-hybridized carbons (Fsp3) is 0.778. The molecule has 14 heavy (non-hydrogen) atoms. The lowest BCUT2D eigenvalue weighted by Gasteiger charge is -2.03. The van der Waals surface area contributed by atoms with Crippen LogP contribution in [0.2, 0.25) is 0 Å². The summed E-state index contributed by atoms with van der Waals surface area (Å²) in [6.45, 7) is 5.95. The first kappa shape index (κ1) is 13.6. The first-order valence-corrected chi connectivity index (χ1v) is 6.71. The van der Waals surface area contributed by atoms with Gasteiger partial charge in [0.05, 0.1) is 6.26 Å². The van der Waals surface area contributed by atoms with Gasteiger partial charge in [0.1, 0.15) is 0 Å². The van der Waals surface area contributed by atoms with Crippen LogP contribution in [-0.2, 0) is 10.0 Å². The van der Waals surface area contributed by atoms with Crippen molar-refractivity contribution in [3.8, 4) is 0 Å². The molecule has 0 aliphatic carbocycles. The Morgan fingerprint density at radius 1 is 1.21 bits per heavy atom. The van der Waals surface area contributed by atoms with Crippen molar-refractivity contribution in [3.05, 3.63) is 12.7 Å². The van der Waals surface area contributed by atoms with Crippen LogP contribution in [0.1, 0.15) is 19.3 Å². The van der Waals surface area contributed by atoms with E-state index in [0.29, 0.717) is 6.54 Å². The molecular formula is C9H20N2O2S. The molecule has 0 aromatic rings. The Labute approximate surface area is 86.8 Å².